The van der Waals surface area contributed by atoms with Crippen molar-refractivity contribution in [3.8, 4) is 0 Å². The van der Waals surface area contributed by atoms with Gasteiger partial charge in [0.1, 0.15) is 5.82 Å². The highest BCUT2D eigenvalue weighted by molar-refractivity contribution is 7.98. The Morgan fingerprint density at radius 3 is 2.50 bits per heavy atom. The lowest BCUT2D eigenvalue weighted by Gasteiger charge is -2.07. The van der Waals surface area contributed by atoms with Gasteiger partial charge in [-0.25, -0.2) is 12.8 Å². The monoisotopic (exact) mass is 415 g/mol. The maximum Gasteiger partial charge on any atom is 0.221 e. The number of benzene rings is 2. The van der Waals surface area contributed by atoms with Gasteiger partial charge in [-0.05, 0) is 35.9 Å². The van der Waals surface area contributed by atoms with Crippen LogP contribution < -0.4 is 5.32 Å². The van der Waals surface area contributed by atoms with Gasteiger partial charge in [0.15, 0.2) is 9.84 Å². The van der Waals surface area contributed by atoms with Crippen molar-refractivity contribution >= 4 is 39.1 Å². The standard InChI is InChI=1S/C18H19ClFNO3S2/c19-15-5-7-16(8-6-15)26(23,24)12-9-18(22)21-10-11-25-13-14-3-1-2-4-17(14)20/h1-8H,9-13H2,(H,21,22). The van der Waals surface area contributed by atoms with Gasteiger partial charge in [0, 0.05) is 29.5 Å². The minimum atomic E-state index is -3.51. The van der Waals surface area contributed by atoms with Crippen LogP contribution in [-0.4, -0.2) is 32.4 Å². The summed E-state index contributed by atoms with van der Waals surface area (Å²) >= 11 is 7.24. The molecular weight excluding hydrogens is 397 g/mol. The van der Waals surface area contributed by atoms with Crippen molar-refractivity contribution in [2.45, 2.75) is 17.1 Å². The second kappa shape index (κ2) is 9.94. The van der Waals surface area contributed by atoms with Crippen LogP contribution in [0.15, 0.2) is 53.4 Å². The van der Waals surface area contributed by atoms with Gasteiger partial charge < -0.3 is 5.32 Å². The summed E-state index contributed by atoms with van der Waals surface area (Å²) in [4.78, 5) is 11.9. The molecule has 0 saturated heterocycles. The molecular formula is C18H19ClFNO3S2. The van der Waals surface area contributed by atoms with E-state index in [1.165, 1.54) is 42.1 Å². The van der Waals surface area contributed by atoms with E-state index in [0.717, 1.165) is 0 Å². The lowest BCUT2D eigenvalue weighted by Crippen LogP contribution is -2.27. The van der Waals surface area contributed by atoms with E-state index in [2.05, 4.69) is 5.32 Å². The van der Waals surface area contributed by atoms with Crippen LogP contribution in [0.2, 0.25) is 5.02 Å². The summed E-state index contributed by atoms with van der Waals surface area (Å²) in [5.41, 5.74) is 0.623. The average Bonchev–Trinajstić information content (AvgIpc) is 2.61. The molecule has 1 amide bonds. The zero-order valence-corrected chi connectivity index (χ0v) is 16.3. The molecule has 0 aromatic heterocycles. The van der Waals surface area contributed by atoms with E-state index in [4.69, 9.17) is 11.6 Å². The third-order valence-electron chi connectivity index (χ3n) is 3.55. The Morgan fingerprint density at radius 1 is 1.12 bits per heavy atom. The van der Waals surface area contributed by atoms with Crippen LogP contribution >= 0.6 is 23.4 Å². The number of sulfone groups is 1. The molecule has 0 bridgehead atoms. The summed E-state index contributed by atoms with van der Waals surface area (Å²) in [6, 6.07) is 12.4. The Labute approximate surface area is 162 Å². The first-order chi connectivity index (χ1) is 12.4. The van der Waals surface area contributed by atoms with Crippen LogP contribution in [0, 0.1) is 5.82 Å². The molecule has 0 aliphatic heterocycles. The zero-order valence-electron chi connectivity index (χ0n) is 14.0. The number of nitrogens with one attached hydrogen (secondary N) is 1. The minimum Gasteiger partial charge on any atom is -0.355 e. The third-order valence-corrected chi connectivity index (χ3v) is 6.55. The smallest absolute Gasteiger partial charge is 0.221 e. The molecule has 0 unspecified atom stereocenters. The summed E-state index contributed by atoms with van der Waals surface area (Å²) in [7, 11) is -3.51. The number of thioether (sulfide) groups is 1. The molecule has 0 atom stereocenters. The van der Waals surface area contributed by atoms with E-state index >= 15 is 0 Å². The topological polar surface area (TPSA) is 63.2 Å². The summed E-state index contributed by atoms with van der Waals surface area (Å²) in [6.45, 7) is 0.402. The number of carbonyl (C=O) groups is 1. The van der Waals surface area contributed by atoms with Gasteiger partial charge in [0.05, 0.1) is 10.6 Å². The fourth-order valence-corrected chi connectivity index (χ4v) is 4.35. The molecule has 8 heteroatoms. The lowest BCUT2D eigenvalue weighted by atomic mass is 10.2. The molecule has 0 spiro atoms. The lowest BCUT2D eigenvalue weighted by molar-refractivity contribution is -0.120. The van der Waals surface area contributed by atoms with Gasteiger partial charge in [-0.3, -0.25) is 4.79 Å². The highest BCUT2D eigenvalue weighted by Gasteiger charge is 2.16. The number of rotatable bonds is 9. The van der Waals surface area contributed by atoms with Crippen molar-refractivity contribution in [2.75, 3.05) is 18.1 Å². The molecule has 4 nitrogen and oxygen atoms in total. The van der Waals surface area contributed by atoms with Crippen LogP contribution in [0.4, 0.5) is 4.39 Å². The van der Waals surface area contributed by atoms with Crippen molar-refractivity contribution in [2.24, 2.45) is 0 Å². The molecule has 2 rings (SSSR count). The van der Waals surface area contributed by atoms with Crippen molar-refractivity contribution in [1.29, 1.82) is 0 Å². The quantitative estimate of drug-likeness (QED) is 0.634. The van der Waals surface area contributed by atoms with Crippen LogP contribution in [0.1, 0.15) is 12.0 Å². The molecule has 2 aromatic rings. The number of hydrogen-bond acceptors (Lipinski definition) is 4. The number of carbonyl (C=O) groups excluding carboxylic acids is 1. The summed E-state index contributed by atoms with van der Waals surface area (Å²) < 4.78 is 37.8. The maximum atomic E-state index is 13.5. The SMILES string of the molecule is O=C(CCS(=O)(=O)c1ccc(Cl)cc1)NCCSCc1ccccc1F. The van der Waals surface area contributed by atoms with Crippen molar-refractivity contribution in [3.63, 3.8) is 0 Å². The van der Waals surface area contributed by atoms with Gasteiger partial charge >= 0.3 is 0 Å². The predicted octanol–water partition coefficient (Wildman–Crippen LogP) is 3.69. The second-order valence-corrected chi connectivity index (χ2v) is 9.17. The summed E-state index contributed by atoms with van der Waals surface area (Å²) in [5, 5.41) is 3.13. The highest BCUT2D eigenvalue weighted by Crippen LogP contribution is 2.16. The first kappa shape index (κ1) is 20.7. The van der Waals surface area contributed by atoms with Crippen LogP contribution in [0.5, 0.6) is 0 Å². The van der Waals surface area contributed by atoms with Crippen molar-refractivity contribution in [1.82, 2.24) is 5.32 Å². The van der Waals surface area contributed by atoms with Gasteiger partial charge in [-0.2, -0.15) is 11.8 Å². The van der Waals surface area contributed by atoms with E-state index in [0.29, 0.717) is 28.6 Å². The average molecular weight is 416 g/mol. The molecule has 0 saturated carbocycles. The number of amides is 1. The molecule has 0 heterocycles. The van der Waals surface area contributed by atoms with Crippen molar-refractivity contribution in [3.05, 3.63) is 64.9 Å². The fourth-order valence-electron chi connectivity index (χ4n) is 2.14. The van der Waals surface area contributed by atoms with E-state index in [1.807, 2.05) is 0 Å². The molecule has 0 aliphatic rings. The van der Waals surface area contributed by atoms with E-state index in [-0.39, 0.29) is 28.8 Å². The summed E-state index contributed by atoms with van der Waals surface area (Å²) in [5.74, 6) is 0.311. The Balaban J connectivity index is 1.67. The normalized spacial score (nSPS) is 11.3. The molecule has 0 fully saturated rings. The molecule has 0 aliphatic carbocycles. The van der Waals surface area contributed by atoms with Gasteiger partial charge in [-0.15, -0.1) is 0 Å². The maximum absolute atomic E-state index is 13.5. The summed E-state index contributed by atoms with van der Waals surface area (Å²) in [6.07, 6.45) is -0.108. The van der Waals surface area contributed by atoms with Gasteiger partial charge in [-0.1, -0.05) is 29.8 Å². The Bertz CT molecular complexity index is 842. The Morgan fingerprint density at radius 2 is 1.81 bits per heavy atom. The first-order valence-electron chi connectivity index (χ1n) is 7.94. The van der Waals surface area contributed by atoms with Crippen LogP contribution in [0.25, 0.3) is 0 Å². The molecule has 26 heavy (non-hydrogen) atoms. The van der Waals surface area contributed by atoms with E-state index < -0.39 is 9.84 Å². The molecule has 140 valence electrons. The number of halogens is 2. The first-order valence-corrected chi connectivity index (χ1v) is 11.1. The third kappa shape index (κ3) is 6.63. The minimum absolute atomic E-state index is 0.108. The molecule has 2 aromatic carbocycles. The largest absolute Gasteiger partial charge is 0.355 e. The Hall–Kier alpha value is -1.57. The van der Waals surface area contributed by atoms with Gasteiger partial charge in [0.2, 0.25) is 5.91 Å². The van der Waals surface area contributed by atoms with Crippen molar-refractivity contribution < 1.29 is 17.6 Å². The zero-order chi connectivity index (χ0) is 19.0. The van der Waals surface area contributed by atoms with E-state index in [9.17, 15) is 17.6 Å². The highest BCUT2D eigenvalue weighted by atomic mass is 35.5. The Kier molecular flexibility index (Phi) is 7.93. The second-order valence-electron chi connectivity index (χ2n) is 5.52. The van der Waals surface area contributed by atoms with Gasteiger partial charge in [0.25, 0.3) is 0 Å². The van der Waals surface area contributed by atoms with Crippen LogP contribution in [0.3, 0.4) is 0 Å². The molecule has 0 radical (unpaired) electrons. The molecule has 1 N–H and O–H groups in total. The number of hydrogen-bond donors (Lipinski definition) is 1. The fraction of sp³-hybridized carbons (Fsp3) is 0.278. The predicted molar refractivity (Wildman–Crippen MR) is 104 cm³/mol. The van der Waals surface area contributed by atoms with E-state index in [1.54, 1.807) is 18.2 Å². The van der Waals surface area contributed by atoms with Crippen LogP contribution in [-0.2, 0) is 20.4 Å².